The van der Waals surface area contributed by atoms with Crippen molar-refractivity contribution in [3.8, 4) is 5.75 Å². The Morgan fingerprint density at radius 2 is 1.83 bits per heavy atom. The van der Waals surface area contributed by atoms with Crippen molar-refractivity contribution in [2.24, 2.45) is 0 Å². The van der Waals surface area contributed by atoms with Crippen molar-refractivity contribution in [2.75, 3.05) is 46.0 Å². The van der Waals surface area contributed by atoms with Crippen LogP contribution in [0.4, 0.5) is 4.39 Å². The van der Waals surface area contributed by atoms with Crippen LogP contribution in [0.25, 0.3) is 5.76 Å². The first-order chi connectivity index (χ1) is 17.5. The average molecular weight is 497 g/mol. The molecule has 1 amide bonds. The minimum Gasteiger partial charge on any atom is -0.507 e. The number of nitrogens with zero attached hydrogens (tertiary/aromatic N) is 2. The third-order valence-corrected chi connectivity index (χ3v) is 6.58. The third kappa shape index (κ3) is 5.94. The highest BCUT2D eigenvalue weighted by Crippen LogP contribution is 2.39. The van der Waals surface area contributed by atoms with Crippen LogP contribution in [0.1, 0.15) is 43.4 Å². The number of ketones is 1. The summed E-state index contributed by atoms with van der Waals surface area (Å²) in [5, 5.41) is 11.3. The number of hydrogen-bond acceptors (Lipinski definition) is 6. The van der Waals surface area contributed by atoms with Crippen LogP contribution >= 0.6 is 0 Å². The number of carbonyl (C=O) groups is 2. The molecule has 1 unspecified atom stereocenters. The zero-order valence-corrected chi connectivity index (χ0v) is 20.6. The molecule has 2 aromatic carbocycles. The number of carbonyl (C=O) groups excluding carboxylic acids is 2. The number of ether oxygens (including phenoxy) is 2. The van der Waals surface area contributed by atoms with E-state index in [2.05, 4.69) is 11.8 Å². The number of aliphatic hydroxyl groups excluding tert-OH is 1. The van der Waals surface area contributed by atoms with Gasteiger partial charge in [0, 0.05) is 31.7 Å². The SMILES string of the molecule is CCCCOc1cccc(C(O)=C2C(=O)C(=O)N(CCCN3CCOCC3)C2c2ccc(F)cc2)c1. The third-order valence-electron chi connectivity index (χ3n) is 6.58. The minimum absolute atomic E-state index is 0.00342. The monoisotopic (exact) mass is 496 g/mol. The van der Waals surface area contributed by atoms with Gasteiger partial charge < -0.3 is 19.5 Å². The summed E-state index contributed by atoms with van der Waals surface area (Å²) in [7, 11) is 0. The Bertz CT molecular complexity index is 1100. The van der Waals surface area contributed by atoms with Crippen LogP contribution in [-0.2, 0) is 14.3 Å². The summed E-state index contributed by atoms with van der Waals surface area (Å²) in [6, 6.07) is 11.8. The molecule has 0 spiro atoms. The zero-order valence-electron chi connectivity index (χ0n) is 20.6. The molecule has 2 aliphatic rings. The highest BCUT2D eigenvalue weighted by Gasteiger charge is 2.45. The highest BCUT2D eigenvalue weighted by molar-refractivity contribution is 6.46. The second-order valence-corrected chi connectivity index (χ2v) is 9.08. The molecule has 0 aliphatic carbocycles. The van der Waals surface area contributed by atoms with Gasteiger partial charge in [0.1, 0.15) is 17.3 Å². The molecule has 0 saturated carbocycles. The molecule has 2 aliphatic heterocycles. The van der Waals surface area contributed by atoms with Gasteiger partial charge in [0.25, 0.3) is 11.7 Å². The van der Waals surface area contributed by atoms with Gasteiger partial charge in [-0.25, -0.2) is 4.39 Å². The molecule has 8 heteroatoms. The maximum absolute atomic E-state index is 13.7. The zero-order chi connectivity index (χ0) is 25.5. The Morgan fingerprint density at radius 3 is 2.56 bits per heavy atom. The van der Waals surface area contributed by atoms with Gasteiger partial charge in [-0.15, -0.1) is 0 Å². The molecule has 0 radical (unpaired) electrons. The molecule has 1 atom stereocenters. The van der Waals surface area contributed by atoms with E-state index in [0.29, 0.717) is 49.7 Å². The lowest BCUT2D eigenvalue weighted by Crippen LogP contribution is -2.38. The van der Waals surface area contributed by atoms with Crippen molar-refractivity contribution in [1.29, 1.82) is 0 Å². The number of likely N-dealkylation sites (tertiary alicyclic amines) is 1. The van der Waals surface area contributed by atoms with E-state index >= 15 is 0 Å². The summed E-state index contributed by atoms with van der Waals surface area (Å²) in [5.74, 6) is -1.52. The van der Waals surface area contributed by atoms with E-state index in [4.69, 9.17) is 9.47 Å². The van der Waals surface area contributed by atoms with E-state index in [1.54, 1.807) is 36.4 Å². The Hall–Kier alpha value is -3.23. The summed E-state index contributed by atoms with van der Waals surface area (Å²) in [6.07, 6.45) is 2.55. The summed E-state index contributed by atoms with van der Waals surface area (Å²) in [5.41, 5.74) is 0.963. The van der Waals surface area contributed by atoms with Gasteiger partial charge in [0.05, 0.1) is 31.4 Å². The lowest BCUT2D eigenvalue weighted by molar-refractivity contribution is -0.140. The fourth-order valence-corrected chi connectivity index (χ4v) is 4.61. The van der Waals surface area contributed by atoms with Crippen LogP contribution in [0.3, 0.4) is 0 Å². The lowest BCUT2D eigenvalue weighted by atomic mass is 9.95. The Kier molecular flexibility index (Phi) is 8.72. The molecule has 1 N–H and O–H groups in total. The first kappa shape index (κ1) is 25.9. The van der Waals surface area contributed by atoms with Crippen LogP contribution in [0.2, 0.25) is 0 Å². The molecule has 7 nitrogen and oxygen atoms in total. The Labute approximate surface area is 211 Å². The lowest BCUT2D eigenvalue weighted by Gasteiger charge is -2.29. The topological polar surface area (TPSA) is 79.3 Å². The van der Waals surface area contributed by atoms with E-state index in [0.717, 1.165) is 32.5 Å². The van der Waals surface area contributed by atoms with Crippen molar-refractivity contribution in [3.05, 3.63) is 71.0 Å². The van der Waals surface area contributed by atoms with Gasteiger partial charge in [0.2, 0.25) is 0 Å². The van der Waals surface area contributed by atoms with Crippen LogP contribution in [-0.4, -0.2) is 72.6 Å². The van der Waals surface area contributed by atoms with Crippen LogP contribution in [0, 0.1) is 5.82 Å². The molecule has 192 valence electrons. The standard InChI is InChI=1S/C28H33FN2O5/c1-2-3-16-36-23-7-4-6-21(19-23)26(32)24-25(20-8-10-22(29)11-9-20)31(28(34)27(24)33)13-5-12-30-14-17-35-18-15-30/h4,6-11,19,25,32H,2-3,5,12-18H2,1H3. The smallest absolute Gasteiger partial charge is 0.295 e. The molecule has 0 aromatic heterocycles. The van der Waals surface area contributed by atoms with Crippen LogP contribution < -0.4 is 4.74 Å². The summed E-state index contributed by atoms with van der Waals surface area (Å²) >= 11 is 0. The van der Waals surface area contributed by atoms with Crippen molar-refractivity contribution in [2.45, 2.75) is 32.2 Å². The fourth-order valence-electron chi connectivity index (χ4n) is 4.61. The predicted octanol–water partition coefficient (Wildman–Crippen LogP) is 4.15. The van der Waals surface area contributed by atoms with E-state index < -0.39 is 23.5 Å². The van der Waals surface area contributed by atoms with Crippen LogP contribution in [0.5, 0.6) is 5.75 Å². The molecule has 0 bridgehead atoms. The van der Waals surface area contributed by atoms with Crippen molar-refractivity contribution in [3.63, 3.8) is 0 Å². The van der Waals surface area contributed by atoms with Gasteiger partial charge in [0.15, 0.2) is 0 Å². The number of halogens is 1. The minimum atomic E-state index is -0.806. The van der Waals surface area contributed by atoms with Gasteiger partial charge >= 0.3 is 0 Å². The largest absolute Gasteiger partial charge is 0.507 e. The predicted molar refractivity (Wildman–Crippen MR) is 134 cm³/mol. The van der Waals surface area contributed by atoms with E-state index in [9.17, 15) is 19.1 Å². The van der Waals surface area contributed by atoms with Crippen LogP contribution in [0.15, 0.2) is 54.1 Å². The van der Waals surface area contributed by atoms with E-state index in [-0.39, 0.29) is 11.3 Å². The number of rotatable bonds is 10. The first-order valence-corrected chi connectivity index (χ1v) is 12.6. The number of hydrogen-bond donors (Lipinski definition) is 1. The normalized spacial score (nSPS) is 20.2. The molecule has 2 heterocycles. The van der Waals surface area contributed by atoms with Gasteiger partial charge in [-0.3, -0.25) is 14.5 Å². The summed E-state index contributed by atoms with van der Waals surface area (Å²) in [4.78, 5) is 30.1. The van der Waals surface area contributed by atoms with Gasteiger partial charge in [-0.1, -0.05) is 37.6 Å². The average Bonchev–Trinajstić information content (AvgIpc) is 3.15. The maximum Gasteiger partial charge on any atom is 0.295 e. The number of benzene rings is 2. The molecule has 2 fully saturated rings. The second kappa shape index (κ2) is 12.1. The molecule has 36 heavy (non-hydrogen) atoms. The number of aliphatic hydroxyl groups is 1. The van der Waals surface area contributed by atoms with Crippen molar-refractivity contribution >= 4 is 17.4 Å². The molecular weight excluding hydrogens is 463 g/mol. The van der Waals surface area contributed by atoms with Gasteiger partial charge in [-0.2, -0.15) is 0 Å². The first-order valence-electron chi connectivity index (χ1n) is 12.6. The Balaban J connectivity index is 1.64. The number of morpholine rings is 1. The highest BCUT2D eigenvalue weighted by atomic mass is 19.1. The van der Waals surface area contributed by atoms with Crippen molar-refractivity contribution < 1.29 is 28.6 Å². The summed E-state index contributed by atoms with van der Waals surface area (Å²) < 4.78 is 24.8. The molecule has 2 aromatic rings. The summed E-state index contributed by atoms with van der Waals surface area (Å²) in [6.45, 7) is 6.74. The molecule has 2 saturated heterocycles. The fraction of sp³-hybridized carbons (Fsp3) is 0.429. The second-order valence-electron chi connectivity index (χ2n) is 9.08. The van der Waals surface area contributed by atoms with E-state index in [1.807, 2.05) is 0 Å². The van der Waals surface area contributed by atoms with Gasteiger partial charge in [-0.05, 0) is 42.7 Å². The molecular formula is C28H33FN2O5. The Morgan fingerprint density at radius 1 is 1.08 bits per heavy atom. The maximum atomic E-state index is 13.7. The van der Waals surface area contributed by atoms with Crippen molar-refractivity contribution in [1.82, 2.24) is 9.80 Å². The van der Waals surface area contributed by atoms with E-state index in [1.165, 1.54) is 17.0 Å². The number of unbranched alkanes of at least 4 members (excludes halogenated alkanes) is 1. The molecule has 4 rings (SSSR count). The number of Topliss-reactive ketones (excluding diaryl/α,β-unsaturated/α-hetero) is 1. The number of amides is 1. The quantitative estimate of drug-likeness (QED) is 0.230.